The number of carboxylic acid groups (broad SMARTS) is 2. The second-order valence-electron chi connectivity index (χ2n) is 4.56. The van der Waals surface area contributed by atoms with Crippen LogP contribution in [0.2, 0.25) is 0 Å². The van der Waals surface area contributed by atoms with Crippen LogP contribution in [-0.2, 0) is 9.59 Å². The van der Waals surface area contributed by atoms with Crippen LogP contribution < -0.4 is 4.90 Å². The van der Waals surface area contributed by atoms with E-state index >= 15 is 0 Å². The molecule has 0 fully saturated rings. The van der Waals surface area contributed by atoms with Crippen LogP contribution in [0.1, 0.15) is 38.8 Å². The number of anilines is 1. The third-order valence-electron chi connectivity index (χ3n) is 2.74. The van der Waals surface area contributed by atoms with Gasteiger partial charge in [0.2, 0.25) is 0 Å². The van der Waals surface area contributed by atoms with Crippen molar-refractivity contribution < 1.29 is 19.8 Å². The van der Waals surface area contributed by atoms with E-state index in [1.54, 1.807) is 0 Å². The van der Waals surface area contributed by atoms with Crippen molar-refractivity contribution in [1.29, 1.82) is 0 Å². The SMILES string of the molecule is CC(C)c1csc(N(CCC(=O)O)C(C)C(=O)O)n1. The zero-order chi connectivity index (χ0) is 14.6. The lowest BCUT2D eigenvalue weighted by molar-refractivity contribution is -0.139. The Labute approximate surface area is 115 Å². The number of aliphatic carboxylic acids is 2. The van der Waals surface area contributed by atoms with Crippen LogP contribution >= 0.6 is 11.3 Å². The van der Waals surface area contributed by atoms with Crippen molar-refractivity contribution in [3.8, 4) is 0 Å². The first-order valence-electron chi connectivity index (χ1n) is 5.99. The quantitative estimate of drug-likeness (QED) is 0.797. The van der Waals surface area contributed by atoms with E-state index in [-0.39, 0.29) is 18.9 Å². The van der Waals surface area contributed by atoms with Crippen molar-refractivity contribution >= 4 is 28.4 Å². The lowest BCUT2D eigenvalue weighted by atomic mass is 10.2. The van der Waals surface area contributed by atoms with Crippen molar-refractivity contribution in [2.45, 2.75) is 39.2 Å². The molecular weight excluding hydrogens is 268 g/mol. The van der Waals surface area contributed by atoms with Crippen molar-refractivity contribution in [3.05, 3.63) is 11.1 Å². The van der Waals surface area contributed by atoms with Crippen LogP contribution in [0.4, 0.5) is 5.13 Å². The Morgan fingerprint density at radius 2 is 2.00 bits per heavy atom. The van der Waals surface area contributed by atoms with Gasteiger partial charge in [-0.25, -0.2) is 9.78 Å². The third-order valence-corrected chi connectivity index (χ3v) is 3.63. The maximum atomic E-state index is 11.1. The number of aromatic nitrogens is 1. The van der Waals surface area contributed by atoms with Gasteiger partial charge in [0.1, 0.15) is 6.04 Å². The summed E-state index contributed by atoms with van der Waals surface area (Å²) in [6.45, 7) is 5.66. The monoisotopic (exact) mass is 286 g/mol. The zero-order valence-corrected chi connectivity index (χ0v) is 12.0. The van der Waals surface area contributed by atoms with Gasteiger partial charge in [-0.1, -0.05) is 13.8 Å². The van der Waals surface area contributed by atoms with E-state index in [1.807, 2.05) is 19.2 Å². The molecule has 1 aromatic rings. The van der Waals surface area contributed by atoms with E-state index in [2.05, 4.69) is 4.98 Å². The highest BCUT2D eigenvalue weighted by molar-refractivity contribution is 7.13. The summed E-state index contributed by atoms with van der Waals surface area (Å²) in [6.07, 6.45) is -0.117. The van der Waals surface area contributed by atoms with Gasteiger partial charge in [-0.2, -0.15) is 0 Å². The van der Waals surface area contributed by atoms with Crippen molar-refractivity contribution in [1.82, 2.24) is 4.98 Å². The number of thiazole rings is 1. The smallest absolute Gasteiger partial charge is 0.326 e. The fourth-order valence-electron chi connectivity index (χ4n) is 1.48. The molecule has 1 heterocycles. The summed E-state index contributed by atoms with van der Waals surface area (Å²) >= 11 is 1.34. The summed E-state index contributed by atoms with van der Waals surface area (Å²) in [5.41, 5.74) is 0.887. The molecule has 0 bridgehead atoms. The van der Waals surface area contributed by atoms with Gasteiger partial charge in [-0.3, -0.25) is 4.79 Å². The van der Waals surface area contributed by atoms with Gasteiger partial charge in [0.25, 0.3) is 0 Å². The van der Waals surface area contributed by atoms with E-state index in [9.17, 15) is 9.59 Å². The van der Waals surface area contributed by atoms with Crippen LogP contribution in [0.5, 0.6) is 0 Å². The topological polar surface area (TPSA) is 90.7 Å². The number of nitrogens with zero attached hydrogens (tertiary/aromatic N) is 2. The molecule has 0 aromatic carbocycles. The number of carbonyl (C=O) groups is 2. The lowest BCUT2D eigenvalue weighted by Crippen LogP contribution is -2.40. The molecule has 6 nitrogen and oxygen atoms in total. The fraction of sp³-hybridized carbons (Fsp3) is 0.583. The molecule has 0 saturated heterocycles. The minimum absolute atomic E-state index is 0.117. The molecule has 19 heavy (non-hydrogen) atoms. The van der Waals surface area contributed by atoms with Crippen LogP contribution in [0, 0.1) is 0 Å². The first-order valence-corrected chi connectivity index (χ1v) is 6.87. The normalized spacial score (nSPS) is 12.4. The molecule has 106 valence electrons. The summed E-state index contributed by atoms with van der Waals surface area (Å²) in [4.78, 5) is 27.6. The molecule has 1 aromatic heterocycles. The summed E-state index contributed by atoms with van der Waals surface area (Å²) in [5, 5.41) is 20.2. The second kappa shape index (κ2) is 6.51. The third kappa shape index (κ3) is 4.20. The van der Waals surface area contributed by atoms with Crippen molar-refractivity contribution in [2.75, 3.05) is 11.4 Å². The Morgan fingerprint density at radius 1 is 1.37 bits per heavy atom. The molecule has 0 aliphatic rings. The Morgan fingerprint density at radius 3 is 2.42 bits per heavy atom. The molecule has 0 saturated carbocycles. The summed E-state index contributed by atoms with van der Waals surface area (Å²) in [5.74, 6) is -1.69. The van der Waals surface area contributed by atoms with Crippen molar-refractivity contribution in [3.63, 3.8) is 0 Å². The number of carboxylic acids is 2. The molecule has 7 heteroatoms. The van der Waals surface area contributed by atoms with Gasteiger partial charge >= 0.3 is 11.9 Å². The highest BCUT2D eigenvalue weighted by atomic mass is 32.1. The number of hydrogen-bond donors (Lipinski definition) is 2. The molecule has 0 radical (unpaired) electrons. The van der Waals surface area contributed by atoms with Crippen LogP contribution in [0.25, 0.3) is 0 Å². The largest absolute Gasteiger partial charge is 0.481 e. The molecule has 1 atom stereocenters. The van der Waals surface area contributed by atoms with Crippen LogP contribution in [0.3, 0.4) is 0 Å². The molecular formula is C12H18N2O4S. The summed E-state index contributed by atoms with van der Waals surface area (Å²) < 4.78 is 0. The average Bonchev–Trinajstić information content (AvgIpc) is 2.78. The van der Waals surface area contributed by atoms with E-state index in [1.165, 1.54) is 23.2 Å². The Bertz CT molecular complexity index is 458. The molecule has 1 unspecified atom stereocenters. The minimum atomic E-state index is -0.994. The minimum Gasteiger partial charge on any atom is -0.481 e. The first-order chi connectivity index (χ1) is 8.82. The standard InChI is InChI=1S/C12H18N2O4S/c1-7(2)9-6-19-12(13-9)14(5-4-10(15)16)8(3)11(17)18/h6-8H,4-5H2,1-3H3,(H,15,16)(H,17,18). The fourth-order valence-corrected chi connectivity index (χ4v) is 2.57. The average molecular weight is 286 g/mol. The van der Waals surface area contributed by atoms with Gasteiger partial charge in [-0.15, -0.1) is 11.3 Å². The Hall–Kier alpha value is -1.63. The van der Waals surface area contributed by atoms with Gasteiger partial charge in [0.05, 0.1) is 12.1 Å². The second-order valence-corrected chi connectivity index (χ2v) is 5.40. The van der Waals surface area contributed by atoms with Crippen LogP contribution in [0.15, 0.2) is 5.38 Å². The lowest BCUT2D eigenvalue weighted by Gasteiger charge is -2.25. The van der Waals surface area contributed by atoms with E-state index < -0.39 is 18.0 Å². The number of hydrogen-bond acceptors (Lipinski definition) is 5. The van der Waals surface area contributed by atoms with Crippen LogP contribution in [-0.4, -0.2) is 39.7 Å². The highest BCUT2D eigenvalue weighted by Gasteiger charge is 2.24. The first kappa shape index (κ1) is 15.4. The number of rotatable bonds is 7. The summed E-state index contributed by atoms with van der Waals surface area (Å²) in [7, 11) is 0. The van der Waals surface area contributed by atoms with Gasteiger partial charge < -0.3 is 15.1 Å². The molecule has 0 spiro atoms. The zero-order valence-electron chi connectivity index (χ0n) is 11.2. The molecule has 0 aliphatic heterocycles. The Kier molecular flexibility index (Phi) is 5.29. The van der Waals surface area contributed by atoms with E-state index in [4.69, 9.17) is 10.2 Å². The van der Waals surface area contributed by atoms with Gasteiger partial charge in [0.15, 0.2) is 5.13 Å². The van der Waals surface area contributed by atoms with Gasteiger partial charge in [-0.05, 0) is 12.8 Å². The molecule has 0 aliphatic carbocycles. The highest BCUT2D eigenvalue weighted by Crippen LogP contribution is 2.26. The maximum Gasteiger partial charge on any atom is 0.326 e. The maximum absolute atomic E-state index is 11.1. The van der Waals surface area contributed by atoms with Gasteiger partial charge in [0, 0.05) is 11.9 Å². The Balaban J connectivity index is 2.93. The molecule has 1 rings (SSSR count). The van der Waals surface area contributed by atoms with E-state index in [0.717, 1.165) is 5.69 Å². The predicted octanol–water partition coefficient (Wildman–Crippen LogP) is 2.02. The summed E-state index contributed by atoms with van der Waals surface area (Å²) in [6, 6.07) is -0.800. The van der Waals surface area contributed by atoms with Crippen molar-refractivity contribution in [2.24, 2.45) is 0 Å². The molecule has 0 amide bonds. The molecule has 2 N–H and O–H groups in total. The van der Waals surface area contributed by atoms with E-state index in [0.29, 0.717) is 5.13 Å². The predicted molar refractivity (Wildman–Crippen MR) is 72.9 cm³/mol.